The average molecular weight is 464 g/mol. The molecule has 5 rings (SSSR count). The number of hydrogen-bond acceptors (Lipinski definition) is 5. The van der Waals surface area contributed by atoms with E-state index >= 15 is 0 Å². The first-order chi connectivity index (χ1) is 16.5. The molecule has 0 radical (unpaired) electrons. The molecule has 9 heteroatoms. The lowest BCUT2D eigenvalue weighted by Crippen LogP contribution is -2.31. The minimum Gasteiger partial charge on any atom is -0.493 e. The van der Waals surface area contributed by atoms with Crippen molar-refractivity contribution in [1.82, 2.24) is 14.7 Å². The second kappa shape index (κ2) is 8.74. The van der Waals surface area contributed by atoms with Crippen LogP contribution < -0.4 is 14.8 Å². The molecule has 2 N–H and O–H groups in total. The fraction of sp³-hybridized carbons (Fsp3) is 0.280. The van der Waals surface area contributed by atoms with Crippen LogP contribution in [-0.2, 0) is 4.79 Å². The summed E-state index contributed by atoms with van der Waals surface area (Å²) < 4.78 is 26.0. The third-order valence-corrected chi connectivity index (χ3v) is 6.19. The highest BCUT2D eigenvalue weighted by atomic mass is 19.1. The Labute approximate surface area is 195 Å². The van der Waals surface area contributed by atoms with E-state index in [-0.39, 0.29) is 12.3 Å². The summed E-state index contributed by atoms with van der Waals surface area (Å²) in [6.45, 7) is 1.35. The van der Waals surface area contributed by atoms with Crippen molar-refractivity contribution in [2.24, 2.45) is 0 Å². The van der Waals surface area contributed by atoms with Crippen LogP contribution in [0, 0.1) is 5.82 Å². The lowest BCUT2D eigenvalue weighted by Gasteiger charge is -2.15. The number of halogens is 1. The summed E-state index contributed by atoms with van der Waals surface area (Å²) in [6.07, 6.45) is 1.64. The minimum atomic E-state index is -0.402. The van der Waals surface area contributed by atoms with Gasteiger partial charge in [-0.3, -0.25) is 14.7 Å². The monoisotopic (exact) mass is 464 g/mol. The number of carbonyl (C=O) groups excluding carboxylic acids is 2. The largest absolute Gasteiger partial charge is 0.493 e. The van der Waals surface area contributed by atoms with Crippen molar-refractivity contribution in [1.29, 1.82) is 0 Å². The predicted octanol–water partition coefficient (Wildman–Crippen LogP) is 4.63. The Morgan fingerprint density at radius 3 is 2.47 bits per heavy atom. The first-order valence-electron chi connectivity index (χ1n) is 11.1. The van der Waals surface area contributed by atoms with E-state index in [9.17, 15) is 14.0 Å². The van der Waals surface area contributed by atoms with Crippen molar-refractivity contribution in [2.45, 2.75) is 19.3 Å². The SMILES string of the molecule is COc1cc2cc3c(Nc4cccc(F)c4)n(C(=O)CC(=O)N4CCCC4)[nH]c-3c2cc1OC. The first kappa shape index (κ1) is 21.8. The molecule has 2 aromatic carbocycles. The Bertz CT molecular complexity index is 1350. The highest BCUT2D eigenvalue weighted by molar-refractivity contribution is 6.08. The van der Waals surface area contributed by atoms with Crippen LogP contribution in [0.1, 0.15) is 24.1 Å². The summed E-state index contributed by atoms with van der Waals surface area (Å²) in [4.78, 5) is 27.6. The van der Waals surface area contributed by atoms with Gasteiger partial charge in [0.05, 0.1) is 19.9 Å². The van der Waals surface area contributed by atoms with Gasteiger partial charge in [-0.25, -0.2) is 9.07 Å². The van der Waals surface area contributed by atoms with Gasteiger partial charge in [-0.15, -0.1) is 0 Å². The Morgan fingerprint density at radius 1 is 1.03 bits per heavy atom. The number of aromatic amines is 1. The van der Waals surface area contributed by atoms with Gasteiger partial charge in [0.25, 0.3) is 5.91 Å². The maximum absolute atomic E-state index is 13.8. The van der Waals surface area contributed by atoms with E-state index in [2.05, 4.69) is 10.4 Å². The number of amides is 1. The number of methoxy groups -OCH3 is 2. The zero-order valence-electron chi connectivity index (χ0n) is 19.0. The molecule has 0 aromatic heterocycles. The standard InChI is InChI=1S/C25H25FN4O4/c1-33-20-11-15-10-19-24(18(15)13-21(20)34-2)28-30(23(32)14-22(31)29-8-3-4-9-29)25(19)27-17-7-5-6-16(26)12-17/h5-7,10-13,27-28H,3-4,8-9,14H2,1-2H3. The van der Waals surface area contributed by atoms with Crippen LogP contribution in [-0.4, -0.2) is 53.8 Å². The highest BCUT2D eigenvalue weighted by Gasteiger charge is 2.27. The number of fused-ring (bicyclic) bond motifs is 3. The van der Waals surface area contributed by atoms with Crippen LogP contribution in [0.5, 0.6) is 11.5 Å². The van der Waals surface area contributed by atoms with Gasteiger partial charge in [0.2, 0.25) is 5.91 Å². The third-order valence-electron chi connectivity index (χ3n) is 6.19. The van der Waals surface area contributed by atoms with Crippen molar-refractivity contribution < 1.29 is 23.5 Å². The minimum absolute atomic E-state index is 0.197. The van der Waals surface area contributed by atoms with Crippen molar-refractivity contribution in [2.75, 3.05) is 32.6 Å². The molecule has 1 fully saturated rings. The Hall–Kier alpha value is -4.01. The molecule has 8 nitrogen and oxygen atoms in total. The molecule has 1 amide bonds. The fourth-order valence-corrected chi connectivity index (χ4v) is 4.50. The van der Waals surface area contributed by atoms with Gasteiger partial charge in [-0.1, -0.05) is 6.07 Å². The Balaban J connectivity index is 1.60. The number of likely N-dealkylation sites (tertiary alicyclic amines) is 1. The number of H-pyrrole nitrogens is 1. The van der Waals surface area contributed by atoms with Crippen molar-refractivity contribution in [3.63, 3.8) is 0 Å². The van der Waals surface area contributed by atoms with E-state index in [1.807, 2.05) is 18.2 Å². The Kier molecular flexibility index (Phi) is 5.61. The second-order valence-corrected chi connectivity index (χ2v) is 8.32. The van der Waals surface area contributed by atoms with Crippen LogP contribution in [0.2, 0.25) is 0 Å². The number of rotatable bonds is 6. The molecule has 176 valence electrons. The first-order valence-corrected chi connectivity index (χ1v) is 11.1. The van der Waals surface area contributed by atoms with Crippen LogP contribution in [0.4, 0.5) is 15.9 Å². The van der Waals surface area contributed by atoms with Crippen molar-refractivity contribution >= 4 is 34.1 Å². The highest BCUT2D eigenvalue weighted by Crippen LogP contribution is 2.44. The number of carbonyl (C=O) groups is 2. The summed E-state index contributed by atoms with van der Waals surface area (Å²) in [5.41, 5.74) is 1.89. The van der Waals surface area contributed by atoms with Gasteiger partial charge >= 0.3 is 0 Å². The molecule has 0 atom stereocenters. The van der Waals surface area contributed by atoms with E-state index in [1.54, 1.807) is 31.3 Å². The molecule has 0 spiro atoms. The molecule has 1 saturated heterocycles. The maximum atomic E-state index is 13.8. The summed E-state index contributed by atoms with van der Waals surface area (Å²) >= 11 is 0. The molecule has 0 unspecified atom stereocenters. The molecule has 0 saturated carbocycles. The number of nitrogens with one attached hydrogen (secondary N) is 2. The Morgan fingerprint density at radius 2 is 1.76 bits per heavy atom. The topological polar surface area (TPSA) is 88.6 Å². The molecule has 3 aliphatic rings. The van der Waals surface area contributed by atoms with Gasteiger partial charge in [-0.05, 0) is 54.6 Å². The van der Waals surface area contributed by atoms with Gasteiger partial charge in [-0.2, -0.15) is 0 Å². The van der Waals surface area contributed by atoms with E-state index < -0.39 is 11.7 Å². The number of anilines is 2. The number of aromatic nitrogens is 2. The second-order valence-electron chi connectivity index (χ2n) is 8.32. The van der Waals surface area contributed by atoms with Crippen LogP contribution in [0.3, 0.4) is 0 Å². The zero-order chi connectivity index (χ0) is 23.8. The normalized spacial score (nSPS) is 13.6. The molecule has 2 aliphatic heterocycles. The number of nitrogens with zero attached hydrogens (tertiary/aromatic N) is 2. The van der Waals surface area contributed by atoms with E-state index in [0.717, 1.165) is 29.2 Å². The number of ether oxygens (including phenoxy) is 2. The van der Waals surface area contributed by atoms with Gasteiger partial charge in [0.15, 0.2) is 11.5 Å². The summed E-state index contributed by atoms with van der Waals surface area (Å²) in [5.74, 6) is 0.564. The van der Waals surface area contributed by atoms with E-state index in [0.29, 0.717) is 41.8 Å². The van der Waals surface area contributed by atoms with Gasteiger partial charge < -0.3 is 19.7 Å². The summed E-state index contributed by atoms with van der Waals surface area (Å²) in [6, 6.07) is 11.6. The molecular weight excluding hydrogens is 439 g/mol. The predicted molar refractivity (Wildman–Crippen MR) is 127 cm³/mol. The number of benzene rings is 2. The van der Waals surface area contributed by atoms with Crippen molar-refractivity contribution in [3.8, 4) is 22.8 Å². The summed E-state index contributed by atoms with van der Waals surface area (Å²) in [5, 5.41) is 8.02. The third kappa shape index (κ3) is 3.83. The maximum Gasteiger partial charge on any atom is 0.256 e. The van der Waals surface area contributed by atoms with E-state index in [1.165, 1.54) is 16.8 Å². The van der Waals surface area contributed by atoms with Gasteiger partial charge in [0, 0.05) is 29.7 Å². The zero-order valence-corrected chi connectivity index (χ0v) is 19.0. The van der Waals surface area contributed by atoms with Crippen LogP contribution in [0.25, 0.3) is 22.0 Å². The molecular formula is C25H25FN4O4. The van der Waals surface area contributed by atoms with Crippen LogP contribution >= 0.6 is 0 Å². The molecule has 34 heavy (non-hydrogen) atoms. The lowest BCUT2D eigenvalue weighted by molar-refractivity contribution is -0.129. The summed E-state index contributed by atoms with van der Waals surface area (Å²) in [7, 11) is 3.13. The molecule has 2 heterocycles. The average Bonchev–Trinajstić information content (AvgIpc) is 3.55. The van der Waals surface area contributed by atoms with Gasteiger partial charge in [0.1, 0.15) is 18.1 Å². The smallest absolute Gasteiger partial charge is 0.256 e. The lowest BCUT2D eigenvalue weighted by atomic mass is 10.2. The quantitative estimate of drug-likeness (QED) is 0.406. The molecule has 0 bridgehead atoms. The van der Waals surface area contributed by atoms with E-state index in [4.69, 9.17) is 9.47 Å². The fourth-order valence-electron chi connectivity index (χ4n) is 4.50. The molecule has 1 aliphatic carbocycles. The van der Waals surface area contributed by atoms with Crippen molar-refractivity contribution in [3.05, 3.63) is 48.3 Å². The molecule has 2 aromatic rings. The number of hydrogen-bond donors (Lipinski definition) is 2. The van der Waals surface area contributed by atoms with Crippen LogP contribution in [0.15, 0.2) is 42.5 Å².